The Balaban J connectivity index is 0.000000253. The van der Waals surface area contributed by atoms with Crippen LogP contribution in [-0.4, -0.2) is 39.4 Å². The van der Waals surface area contributed by atoms with E-state index in [1.54, 1.807) is 6.92 Å². The van der Waals surface area contributed by atoms with Crippen molar-refractivity contribution < 1.29 is 20.1 Å². The van der Waals surface area contributed by atoms with Gasteiger partial charge in [0.25, 0.3) is 0 Å². The van der Waals surface area contributed by atoms with E-state index in [4.69, 9.17) is 4.74 Å². The standard InChI is InChI=1S/C16H28O3.C9H18O/c1-16(18,19-14-9-3-2-4-10-14)12-6-8-13-7-5-11-15(13)17;1-2-5-8-6-3-4-7-9(8)10/h6,8,13-15,17-18H,2-5,7,9-12H2,1H3;8-10H,2-7H2,1H3/b8-6+;/t13?,15-,16?;/m1./s1. The molecule has 0 radical (unpaired) electrons. The molecule has 0 aromatic carbocycles. The molecular weight excluding hydrogens is 364 g/mol. The molecule has 29 heavy (non-hydrogen) atoms. The quantitative estimate of drug-likeness (QED) is 0.383. The molecule has 0 saturated heterocycles. The first kappa shape index (κ1) is 24.8. The zero-order chi connectivity index (χ0) is 21.1. The van der Waals surface area contributed by atoms with E-state index >= 15 is 0 Å². The number of ether oxygens (including phenoxy) is 1. The highest BCUT2D eigenvalue weighted by Crippen LogP contribution is 2.29. The first-order chi connectivity index (χ1) is 13.9. The highest BCUT2D eigenvalue weighted by atomic mass is 16.6. The fourth-order valence-electron chi connectivity index (χ4n) is 5.14. The summed E-state index contributed by atoms with van der Waals surface area (Å²) in [6.45, 7) is 3.94. The lowest BCUT2D eigenvalue weighted by molar-refractivity contribution is -0.220. The number of aliphatic hydroxyl groups is 3. The Bertz CT molecular complexity index is 454. The summed E-state index contributed by atoms with van der Waals surface area (Å²) in [5.74, 6) is -0.175. The normalized spacial score (nSPS) is 33.3. The molecule has 5 atom stereocenters. The van der Waals surface area contributed by atoms with Crippen molar-refractivity contribution in [3.8, 4) is 0 Å². The molecule has 170 valence electrons. The average molecular weight is 411 g/mol. The maximum Gasteiger partial charge on any atom is 0.166 e. The zero-order valence-electron chi connectivity index (χ0n) is 18.9. The molecule has 4 nitrogen and oxygen atoms in total. The Labute approximate surface area is 178 Å². The molecule has 0 bridgehead atoms. The molecule has 4 unspecified atom stereocenters. The fourth-order valence-corrected chi connectivity index (χ4v) is 5.14. The van der Waals surface area contributed by atoms with Gasteiger partial charge < -0.3 is 20.1 Å². The van der Waals surface area contributed by atoms with Gasteiger partial charge in [-0.15, -0.1) is 0 Å². The minimum absolute atomic E-state index is 0.0219. The molecule has 3 aliphatic rings. The molecule has 0 amide bonds. The van der Waals surface area contributed by atoms with E-state index in [1.165, 1.54) is 51.4 Å². The maximum absolute atomic E-state index is 10.3. The lowest BCUT2D eigenvalue weighted by Crippen LogP contribution is -2.34. The van der Waals surface area contributed by atoms with Crippen LogP contribution < -0.4 is 0 Å². The summed E-state index contributed by atoms with van der Waals surface area (Å²) >= 11 is 0. The van der Waals surface area contributed by atoms with Gasteiger partial charge in [-0.3, -0.25) is 0 Å². The molecule has 3 rings (SSSR count). The molecule has 0 heterocycles. The van der Waals surface area contributed by atoms with Gasteiger partial charge in [-0.2, -0.15) is 0 Å². The highest BCUT2D eigenvalue weighted by Gasteiger charge is 2.27. The van der Waals surface area contributed by atoms with Crippen LogP contribution in [0, 0.1) is 11.8 Å². The van der Waals surface area contributed by atoms with Crippen molar-refractivity contribution in [2.75, 3.05) is 0 Å². The third kappa shape index (κ3) is 9.50. The molecule has 0 aliphatic heterocycles. The van der Waals surface area contributed by atoms with Gasteiger partial charge in [-0.1, -0.05) is 64.0 Å². The Morgan fingerprint density at radius 1 is 0.862 bits per heavy atom. The smallest absolute Gasteiger partial charge is 0.166 e. The van der Waals surface area contributed by atoms with Crippen molar-refractivity contribution in [3.63, 3.8) is 0 Å². The van der Waals surface area contributed by atoms with Crippen LogP contribution in [0.15, 0.2) is 12.2 Å². The van der Waals surface area contributed by atoms with Gasteiger partial charge >= 0.3 is 0 Å². The SMILES string of the molecule is CC(O)(C/C=C/C1CCC[C@H]1O)OC1CCCCC1.CCCC1CCCCC1O. The summed E-state index contributed by atoms with van der Waals surface area (Å²) in [6, 6.07) is 0. The van der Waals surface area contributed by atoms with Crippen molar-refractivity contribution >= 4 is 0 Å². The fraction of sp³-hybridized carbons (Fsp3) is 0.920. The van der Waals surface area contributed by atoms with E-state index in [2.05, 4.69) is 13.0 Å². The summed E-state index contributed by atoms with van der Waals surface area (Å²) in [7, 11) is 0. The largest absolute Gasteiger partial charge is 0.393 e. The van der Waals surface area contributed by atoms with Gasteiger partial charge in [-0.25, -0.2) is 0 Å². The highest BCUT2D eigenvalue weighted by molar-refractivity contribution is 4.96. The molecule has 3 fully saturated rings. The number of rotatable bonds is 7. The van der Waals surface area contributed by atoms with Crippen molar-refractivity contribution in [3.05, 3.63) is 12.2 Å². The van der Waals surface area contributed by atoms with E-state index in [1.807, 2.05) is 6.08 Å². The summed E-state index contributed by atoms with van der Waals surface area (Å²) in [4.78, 5) is 0. The van der Waals surface area contributed by atoms with Crippen LogP contribution in [-0.2, 0) is 4.74 Å². The first-order valence-electron chi connectivity index (χ1n) is 12.3. The maximum atomic E-state index is 10.3. The Hall–Kier alpha value is -0.420. The van der Waals surface area contributed by atoms with Gasteiger partial charge in [0.15, 0.2) is 5.79 Å². The van der Waals surface area contributed by atoms with E-state index < -0.39 is 5.79 Å². The van der Waals surface area contributed by atoms with Crippen LogP contribution >= 0.6 is 0 Å². The third-order valence-corrected chi connectivity index (χ3v) is 6.91. The summed E-state index contributed by atoms with van der Waals surface area (Å²) in [5, 5.41) is 29.5. The van der Waals surface area contributed by atoms with Crippen molar-refractivity contribution in [1.29, 1.82) is 0 Å². The Morgan fingerprint density at radius 3 is 2.14 bits per heavy atom. The zero-order valence-corrected chi connectivity index (χ0v) is 18.9. The van der Waals surface area contributed by atoms with Gasteiger partial charge in [-0.05, 0) is 57.8 Å². The lowest BCUT2D eigenvalue weighted by atomic mass is 9.84. The summed E-state index contributed by atoms with van der Waals surface area (Å²) in [5.41, 5.74) is 0. The lowest BCUT2D eigenvalue weighted by Gasteiger charge is -2.31. The number of hydrogen-bond donors (Lipinski definition) is 3. The molecular formula is C25H46O4. The minimum atomic E-state index is -1.07. The number of hydrogen-bond acceptors (Lipinski definition) is 4. The van der Waals surface area contributed by atoms with E-state index in [0.717, 1.165) is 38.5 Å². The van der Waals surface area contributed by atoms with Crippen LogP contribution in [0.25, 0.3) is 0 Å². The topological polar surface area (TPSA) is 69.9 Å². The molecule has 3 aliphatic carbocycles. The van der Waals surface area contributed by atoms with Crippen LogP contribution in [0.2, 0.25) is 0 Å². The van der Waals surface area contributed by atoms with E-state index in [9.17, 15) is 15.3 Å². The monoisotopic (exact) mass is 410 g/mol. The van der Waals surface area contributed by atoms with Gasteiger partial charge in [0.05, 0.1) is 18.3 Å². The second kappa shape index (κ2) is 13.1. The predicted octanol–water partition coefficient (Wildman–Crippen LogP) is 5.49. The summed E-state index contributed by atoms with van der Waals surface area (Å²) in [6.07, 6.45) is 20.8. The van der Waals surface area contributed by atoms with Crippen molar-refractivity contribution in [1.82, 2.24) is 0 Å². The van der Waals surface area contributed by atoms with Crippen molar-refractivity contribution in [2.24, 2.45) is 11.8 Å². The molecule has 3 saturated carbocycles. The van der Waals surface area contributed by atoms with Gasteiger partial charge in [0, 0.05) is 12.3 Å². The molecule has 3 N–H and O–H groups in total. The Kier molecular flexibility index (Phi) is 11.2. The minimum Gasteiger partial charge on any atom is -0.393 e. The second-order valence-electron chi connectivity index (χ2n) is 9.75. The first-order valence-corrected chi connectivity index (χ1v) is 12.3. The van der Waals surface area contributed by atoms with E-state index in [0.29, 0.717) is 12.3 Å². The van der Waals surface area contributed by atoms with Crippen LogP contribution in [0.3, 0.4) is 0 Å². The van der Waals surface area contributed by atoms with Crippen molar-refractivity contribution in [2.45, 2.75) is 134 Å². The summed E-state index contributed by atoms with van der Waals surface area (Å²) < 4.78 is 5.81. The van der Waals surface area contributed by atoms with Crippen LogP contribution in [0.5, 0.6) is 0 Å². The van der Waals surface area contributed by atoms with Crippen LogP contribution in [0.1, 0.15) is 110 Å². The third-order valence-electron chi connectivity index (χ3n) is 6.91. The Morgan fingerprint density at radius 2 is 1.52 bits per heavy atom. The van der Waals surface area contributed by atoms with E-state index in [-0.39, 0.29) is 24.2 Å². The molecule has 4 heteroatoms. The second-order valence-corrected chi connectivity index (χ2v) is 9.75. The number of aliphatic hydroxyl groups excluding tert-OH is 2. The van der Waals surface area contributed by atoms with Gasteiger partial charge in [0.2, 0.25) is 0 Å². The predicted molar refractivity (Wildman–Crippen MR) is 119 cm³/mol. The molecule has 0 aromatic heterocycles. The molecule has 0 aromatic rings. The van der Waals surface area contributed by atoms with Gasteiger partial charge in [0.1, 0.15) is 0 Å². The average Bonchev–Trinajstić information content (AvgIpc) is 3.10. The van der Waals surface area contributed by atoms with Crippen LogP contribution in [0.4, 0.5) is 0 Å². The molecule has 0 spiro atoms.